The van der Waals surface area contributed by atoms with Crippen molar-refractivity contribution in [2.24, 2.45) is 5.41 Å². The first-order valence-electron chi connectivity index (χ1n) is 4.59. The molecule has 10 heteroatoms. The number of hydrogen-bond donors (Lipinski definition) is 0. The summed E-state index contributed by atoms with van der Waals surface area (Å²) in [5, 5.41) is 0.799. The van der Waals surface area contributed by atoms with E-state index in [0.29, 0.717) is 0 Å². The van der Waals surface area contributed by atoms with Crippen molar-refractivity contribution in [2.75, 3.05) is 11.9 Å². The largest absolute Gasteiger partial charge is 1.00 e. The van der Waals surface area contributed by atoms with Crippen molar-refractivity contribution < 1.29 is 78.0 Å². The molecule has 0 spiro atoms. The number of rotatable bonds is 7. The first kappa shape index (κ1) is 26.4. The molecule has 0 rings (SSSR count). The van der Waals surface area contributed by atoms with Crippen LogP contribution in [0.15, 0.2) is 0 Å². The van der Waals surface area contributed by atoms with E-state index >= 15 is 0 Å². The molecule has 0 saturated carbocycles. The molecule has 0 fully saturated rings. The molecule has 0 amide bonds. The zero-order valence-corrected chi connectivity index (χ0v) is 20.6. The third kappa shape index (κ3) is 13.2. The van der Waals surface area contributed by atoms with Gasteiger partial charge in [-0.25, -0.2) is 0 Å². The molecule has 18 heavy (non-hydrogen) atoms. The summed E-state index contributed by atoms with van der Waals surface area (Å²) in [6.45, 7) is 3.57. The maximum Gasteiger partial charge on any atom is 1.00 e. The molecule has 0 aromatic heterocycles. The molecule has 0 radical (unpaired) electrons. The Morgan fingerprint density at radius 1 is 1.28 bits per heavy atom. The van der Waals surface area contributed by atoms with Gasteiger partial charge in [0.1, 0.15) is 0 Å². The minimum Gasteiger partial charge on any atom is -0.790 e. The van der Waals surface area contributed by atoms with Crippen molar-refractivity contribution in [2.45, 2.75) is 29.9 Å². The third-order valence-corrected chi connectivity index (χ3v) is 6.48. The molecule has 2 unspecified atom stereocenters. The first-order chi connectivity index (χ1) is 7.08. The van der Waals surface area contributed by atoms with Crippen LogP contribution in [0.5, 0.6) is 0 Å². The summed E-state index contributed by atoms with van der Waals surface area (Å²) in [6, 6.07) is 0. The van der Waals surface area contributed by atoms with Crippen LogP contribution in [0, 0.1) is 5.41 Å². The summed E-state index contributed by atoms with van der Waals surface area (Å²) in [4.78, 5) is 21.1. The fourth-order valence-corrected chi connectivity index (χ4v) is 3.16. The average Bonchev–Trinajstić information content (AvgIpc) is 2.13. The van der Waals surface area contributed by atoms with E-state index in [9.17, 15) is 14.4 Å². The van der Waals surface area contributed by atoms with E-state index in [4.69, 9.17) is 0 Å². The zero-order valence-electron chi connectivity index (χ0n) is 11.0. The summed E-state index contributed by atoms with van der Waals surface area (Å²) in [7, 11) is -4.88. The molecule has 0 bridgehead atoms. The van der Waals surface area contributed by atoms with Crippen LogP contribution in [0.3, 0.4) is 0 Å². The molecule has 4 nitrogen and oxygen atoms in total. The molecule has 0 aliphatic rings. The average molecular weight is 491 g/mol. The second-order valence-electron chi connectivity index (χ2n) is 4.16. The van der Waals surface area contributed by atoms with Gasteiger partial charge in [0.25, 0.3) is 0 Å². The van der Waals surface area contributed by atoms with E-state index in [-0.39, 0.29) is 75.4 Å². The summed E-state index contributed by atoms with van der Waals surface area (Å²) >= 11 is 10.3. The van der Waals surface area contributed by atoms with Gasteiger partial charge >= 0.3 is 59.1 Å². The van der Waals surface area contributed by atoms with Gasteiger partial charge in [-0.05, 0) is 6.42 Å². The number of phosphoric acid groups is 1. The molecule has 0 aliphatic carbocycles. The number of hydrogen-bond acceptors (Lipinski definition) is 4. The summed E-state index contributed by atoms with van der Waals surface area (Å²) in [6.07, 6.45) is 0.795. The molecule has 0 N–H and O–H groups in total. The second-order valence-corrected chi connectivity index (χ2v) is 8.36. The smallest absolute Gasteiger partial charge is 0.790 e. The molecule has 98 valence electrons. The molecule has 2 atom stereocenters. The predicted molar refractivity (Wildman–Crippen MR) is 71.2 cm³/mol. The van der Waals surface area contributed by atoms with Crippen LogP contribution < -0.4 is 68.9 Å². The molecule has 0 aliphatic heterocycles. The van der Waals surface area contributed by atoms with E-state index in [2.05, 4.69) is 52.3 Å². The Morgan fingerprint density at radius 3 is 2.06 bits per heavy atom. The maximum absolute atomic E-state index is 10.4. The van der Waals surface area contributed by atoms with Crippen LogP contribution in [0.25, 0.3) is 0 Å². The van der Waals surface area contributed by atoms with Crippen molar-refractivity contribution >= 4 is 55.6 Å². The van der Waals surface area contributed by atoms with Crippen molar-refractivity contribution in [3.63, 3.8) is 0 Å². The number of halogens is 3. The van der Waals surface area contributed by atoms with Gasteiger partial charge in [-0.15, -0.1) is 0 Å². The molecular formula is C8H14Br3Na2O4P. The van der Waals surface area contributed by atoms with Crippen molar-refractivity contribution in [1.29, 1.82) is 0 Å². The van der Waals surface area contributed by atoms with Gasteiger partial charge in [-0.3, -0.25) is 0 Å². The molecule has 0 saturated heterocycles. The Bertz CT molecular complexity index is 265. The minimum atomic E-state index is -4.88. The molecule has 0 aromatic rings. The Kier molecular flexibility index (Phi) is 17.7. The van der Waals surface area contributed by atoms with Gasteiger partial charge < -0.3 is 18.9 Å². The van der Waals surface area contributed by atoms with E-state index in [0.717, 1.165) is 11.8 Å². The minimum absolute atomic E-state index is 0. The Labute approximate surface area is 178 Å². The Morgan fingerprint density at radius 2 is 1.72 bits per heavy atom. The third-order valence-electron chi connectivity index (χ3n) is 2.07. The van der Waals surface area contributed by atoms with Crippen LogP contribution in [-0.2, 0) is 9.09 Å². The van der Waals surface area contributed by atoms with Gasteiger partial charge in [0.2, 0.25) is 0 Å². The van der Waals surface area contributed by atoms with E-state index in [1.54, 1.807) is 0 Å². The van der Waals surface area contributed by atoms with Gasteiger partial charge in [0.15, 0.2) is 0 Å². The van der Waals surface area contributed by atoms with Crippen molar-refractivity contribution in [1.82, 2.24) is 0 Å². The SMILES string of the molecule is CC(C)(COP(=O)([O-])[O-])C(Br)CC(Br)CBr.[Na+].[Na+]. The summed E-state index contributed by atoms with van der Waals surface area (Å²) < 4.78 is 14.7. The monoisotopic (exact) mass is 488 g/mol. The Hall–Kier alpha value is 3.55. The van der Waals surface area contributed by atoms with E-state index in [1.165, 1.54) is 0 Å². The maximum atomic E-state index is 10.4. The summed E-state index contributed by atoms with van der Waals surface area (Å²) in [5.74, 6) is 0. The zero-order chi connectivity index (χ0) is 13.0. The van der Waals surface area contributed by atoms with Crippen LogP contribution in [0.4, 0.5) is 0 Å². The van der Waals surface area contributed by atoms with Crippen LogP contribution >= 0.6 is 55.6 Å². The van der Waals surface area contributed by atoms with E-state index in [1.807, 2.05) is 13.8 Å². The number of phosphoric ester groups is 1. The topological polar surface area (TPSA) is 72.4 Å². The molecular weight excluding hydrogens is 477 g/mol. The van der Waals surface area contributed by atoms with Crippen molar-refractivity contribution in [3.8, 4) is 0 Å². The van der Waals surface area contributed by atoms with Gasteiger partial charge in [0.05, 0.1) is 14.4 Å². The van der Waals surface area contributed by atoms with Crippen LogP contribution in [-0.4, -0.2) is 21.6 Å². The standard InChI is InChI=1S/C8H16Br3O4P.2Na/c1-8(2,5-15-16(12,13)14)7(11)3-6(10)4-9;;/h6-7H,3-5H2,1-2H3,(H2,12,13,14);;/q;2*+1/p-2. The van der Waals surface area contributed by atoms with Gasteiger partial charge in [-0.2, -0.15) is 0 Å². The second kappa shape index (κ2) is 12.0. The normalized spacial score (nSPS) is 15.3. The quantitative estimate of drug-likeness (QED) is 0.208. The van der Waals surface area contributed by atoms with Crippen LogP contribution in [0.2, 0.25) is 0 Å². The first-order valence-corrected chi connectivity index (χ1v) is 9.00. The predicted octanol–water partition coefficient (Wildman–Crippen LogP) is -3.82. The molecule has 0 aromatic carbocycles. The Balaban J connectivity index is -0.00000112. The number of alkyl halides is 3. The van der Waals surface area contributed by atoms with Gasteiger partial charge in [-0.1, -0.05) is 61.6 Å². The molecule has 0 heterocycles. The van der Waals surface area contributed by atoms with Gasteiger partial charge in [0, 0.05) is 20.4 Å². The van der Waals surface area contributed by atoms with Crippen molar-refractivity contribution in [3.05, 3.63) is 0 Å². The van der Waals surface area contributed by atoms with Crippen LogP contribution in [0.1, 0.15) is 20.3 Å². The fourth-order valence-electron chi connectivity index (χ4n) is 0.942. The summed E-state index contributed by atoms with van der Waals surface area (Å²) in [5.41, 5.74) is -0.432. The van der Waals surface area contributed by atoms with E-state index < -0.39 is 13.2 Å². The fraction of sp³-hybridized carbons (Fsp3) is 1.00.